The Kier molecular flexibility index (Phi) is 9.52. The van der Waals surface area contributed by atoms with Gasteiger partial charge in [-0.3, -0.25) is 9.69 Å². The maximum Gasteiger partial charge on any atom is 0.410 e. The van der Waals surface area contributed by atoms with Crippen LogP contribution in [0.4, 0.5) is 14.9 Å². The summed E-state index contributed by atoms with van der Waals surface area (Å²) >= 11 is 0. The third-order valence-electron chi connectivity index (χ3n) is 4.65. The molecule has 2 aromatic rings. The maximum atomic E-state index is 13.0. The number of hydrogen-bond donors (Lipinski definition) is 3. The number of halogens is 1. The van der Waals surface area contributed by atoms with Crippen molar-refractivity contribution in [2.75, 3.05) is 25.6 Å². The summed E-state index contributed by atoms with van der Waals surface area (Å²) in [6.45, 7) is 2.53. The van der Waals surface area contributed by atoms with E-state index in [4.69, 9.17) is 9.47 Å². The smallest absolute Gasteiger partial charge is 0.410 e. The number of hydrogen-bond acceptors (Lipinski definition) is 6. The van der Waals surface area contributed by atoms with Gasteiger partial charge in [0, 0.05) is 12.7 Å². The normalized spacial score (nSPS) is 12.0. The lowest BCUT2D eigenvalue weighted by atomic mass is 10.1. The zero-order chi connectivity index (χ0) is 25.3. The zero-order valence-electron chi connectivity index (χ0n) is 19.3. The molecular formula is C24H29FN2O7. The van der Waals surface area contributed by atoms with E-state index >= 15 is 0 Å². The van der Waals surface area contributed by atoms with Gasteiger partial charge in [-0.05, 0) is 49.2 Å². The molecule has 0 heterocycles. The number of rotatable bonds is 11. The summed E-state index contributed by atoms with van der Waals surface area (Å²) < 4.78 is 23.3. The highest BCUT2D eigenvalue weighted by Crippen LogP contribution is 2.13. The van der Waals surface area contributed by atoms with E-state index in [1.165, 1.54) is 45.2 Å². The molecule has 184 valence electrons. The topological polar surface area (TPSA) is 125 Å². The largest absolute Gasteiger partial charge is 0.480 e. The van der Waals surface area contributed by atoms with E-state index in [2.05, 4.69) is 5.32 Å². The van der Waals surface area contributed by atoms with E-state index in [9.17, 15) is 29.0 Å². The molecular weight excluding hydrogens is 447 g/mol. The minimum Gasteiger partial charge on any atom is -0.480 e. The Morgan fingerprint density at radius 1 is 1.06 bits per heavy atom. The summed E-state index contributed by atoms with van der Waals surface area (Å²) in [7, 11) is 1.29. The van der Waals surface area contributed by atoms with Gasteiger partial charge in [-0.15, -0.1) is 0 Å². The van der Waals surface area contributed by atoms with Crippen molar-refractivity contribution < 1.29 is 38.5 Å². The number of anilines is 1. The first-order valence-electron chi connectivity index (χ1n) is 10.5. The molecule has 0 bridgehead atoms. The number of likely N-dealkylation sites (N-methyl/N-ethyl adjacent to an activating group) is 1. The first-order chi connectivity index (χ1) is 15.9. The van der Waals surface area contributed by atoms with Crippen molar-refractivity contribution in [1.29, 1.82) is 0 Å². The van der Waals surface area contributed by atoms with Gasteiger partial charge in [0.25, 0.3) is 0 Å². The molecule has 0 saturated heterocycles. The molecule has 0 aromatic heterocycles. The molecule has 0 spiro atoms. The number of carbonyl (C=O) groups excluding carboxylic acids is 2. The standard InChI is InChI=1S/C24H29FN2O7/c1-24(2,32)15-33-14-20(22(29)30)27(3)23(31)34-13-17-6-10-19(11-7-17)26-21(28)12-16-4-8-18(25)9-5-16/h4-11,20,32H,12-15H2,1-3H3,(H,26,28)(H,29,30)/t20-/m0/s1. The van der Waals surface area contributed by atoms with E-state index in [1.807, 2.05) is 0 Å². The molecule has 0 aliphatic heterocycles. The molecule has 0 fully saturated rings. The van der Waals surface area contributed by atoms with Crippen molar-refractivity contribution in [2.45, 2.75) is 38.5 Å². The Morgan fingerprint density at radius 2 is 1.65 bits per heavy atom. The molecule has 0 unspecified atom stereocenters. The number of nitrogens with one attached hydrogen (secondary N) is 1. The Bertz CT molecular complexity index is 972. The van der Waals surface area contributed by atoms with E-state index in [-0.39, 0.29) is 38.0 Å². The summed E-state index contributed by atoms with van der Waals surface area (Å²) in [5.74, 6) is -1.90. The van der Waals surface area contributed by atoms with Crippen LogP contribution in [0.15, 0.2) is 48.5 Å². The summed E-state index contributed by atoms with van der Waals surface area (Å²) in [4.78, 5) is 36.8. The highest BCUT2D eigenvalue weighted by molar-refractivity contribution is 5.92. The van der Waals surface area contributed by atoms with Gasteiger partial charge in [0.05, 0.1) is 25.2 Å². The summed E-state index contributed by atoms with van der Waals surface area (Å²) in [6, 6.07) is 11.0. The zero-order valence-corrected chi connectivity index (χ0v) is 19.3. The molecule has 1 atom stereocenters. The van der Waals surface area contributed by atoms with Crippen molar-refractivity contribution in [2.24, 2.45) is 0 Å². The van der Waals surface area contributed by atoms with Gasteiger partial charge in [0.1, 0.15) is 12.4 Å². The SMILES string of the molecule is CN(C(=O)OCc1ccc(NC(=O)Cc2ccc(F)cc2)cc1)[C@@H](COCC(C)(C)O)C(=O)O. The van der Waals surface area contributed by atoms with Crippen LogP contribution in [-0.4, -0.2) is 65.0 Å². The molecule has 0 aliphatic rings. The van der Waals surface area contributed by atoms with Gasteiger partial charge in [0.2, 0.25) is 5.91 Å². The van der Waals surface area contributed by atoms with E-state index in [1.54, 1.807) is 24.3 Å². The van der Waals surface area contributed by atoms with Crippen molar-refractivity contribution in [1.82, 2.24) is 4.90 Å². The number of carbonyl (C=O) groups is 3. The van der Waals surface area contributed by atoms with E-state index in [0.717, 1.165) is 4.90 Å². The highest BCUT2D eigenvalue weighted by atomic mass is 19.1. The lowest BCUT2D eigenvalue weighted by Gasteiger charge is -2.25. The Labute approximate surface area is 197 Å². The Balaban J connectivity index is 1.83. The molecule has 9 nitrogen and oxygen atoms in total. The number of carboxylic acids is 1. The van der Waals surface area contributed by atoms with Crippen LogP contribution in [0.3, 0.4) is 0 Å². The first kappa shape index (κ1) is 26.7. The van der Waals surface area contributed by atoms with Crippen molar-refractivity contribution in [3.8, 4) is 0 Å². The fraction of sp³-hybridized carbons (Fsp3) is 0.375. The lowest BCUT2D eigenvalue weighted by Crippen LogP contribution is -2.46. The van der Waals surface area contributed by atoms with Crippen LogP contribution in [-0.2, 0) is 32.1 Å². The second-order valence-corrected chi connectivity index (χ2v) is 8.40. The van der Waals surface area contributed by atoms with E-state index in [0.29, 0.717) is 16.8 Å². The fourth-order valence-electron chi connectivity index (χ4n) is 2.82. The number of aliphatic hydroxyl groups is 1. The monoisotopic (exact) mass is 476 g/mol. The molecule has 3 N–H and O–H groups in total. The Hall–Kier alpha value is -3.50. The predicted molar refractivity (Wildman–Crippen MR) is 122 cm³/mol. The summed E-state index contributed by atoms with van der Waals surface area (Å²) in [5, 5.41) is 21.8. The number of aliphatic carboxylic acids is 1. The van der Waals surface area contributed by atoms with Crippen LogP contribution in [0.2, 0.25) is 0 Å². The number of benzene rings is 2. The van der Waals surface area contributed by atoms with Crippen LogP contribution in [0.1, 0.15) is 25.0 Å². The third-order valence-corrected chi connectivity index (χ3v) is 4.65. The summed E-state index contributed by atoms with van der Waals surface area (Å²) in [5.41, 5.74) is 0.712. The second-order valence-electron chi connectivity index (χ2n) is 8.40. The molecule has 2 amide bonds. The number of ether oxygens (including phenoxy) is 2. The van der Waals surface area contributed by atoms with Gasteiger partial charge in [-0.2, -0.15) is 0 Å². The van der Waals surface area contributed by atoms with Crippen LogP contribution in [0.25, 0.3) is 0 Å². The number of amides is 2. The molecule has 2 aromatic carbocycles. The summed E-state index contributed by atoms with van der Waals surface area (Å²) in [6.07, 6.45) is -0.757. The average molecular weight is 477 g/mol. The maximum absolute atomic E-state index is 13.0. The third kappa shape index (κ3) is 9.16. The van der Waals surface area contributed by atoms with Gasteiger partial charge in [-0.25, -0.2) is 14.0 Å². The average Bonchev–Trinajstić information content (AvgIpc) is 2.76. The molecule has 0 aliphatic carbocycles. The predicted octanol–water partition coefficient (Wildman–Crippen LogP) is 2.82. The Morgan fingerprint density at radius 3 is 2.21 bits per heavy atom. The van der Waals surface area contributed by atoms with Crippen molar-refractivity contribution >= 4 is 23.7 Å². The van der Waals surface area contributed by atoms with E-state index < -0.39 is 23.7 Å². The second kappa shape index (κ2) is 12.1. The fourth-order valence-corrected chi connectivity index (χ4v) is 2.82. The molecule has 34 heavy (non-hydrogen) atoms. The number of carboxylic acid groups (broad SMARTS) is 1. The van der Waals surface area contributed by atoms with Gasteiger partial charge in [0.15, 0.2) is 6.04 Å². The minimum absolute atomic E-state index is 0.0908. The molecule has 10 heteroatoms. The molecule has 2 rings (SSSR count). The van der Waals surface area contributed by atoms with Crippen LogP contribution < -0.4 is 5.32 Å². The lowest BCUT2D eigenvalue weighted by molar-refractivity contribution is -0.145. The van der Waals surface area contributed by atoms with Gasteiger partial charge < -0.3 is 25.0 Å². The minimum atomic E-state index is -1.28. The number of nitrogens with zero attached hydrogens (tertiary/aromatic N) is 1. The van der Waals surface area contributed by atoms with Gasteiger partial charge >= 0.3 is 12.1 Å². The first-order valence-corrected chi connectivity index (χ1v) is 10.5. The van der Waals surface area contributed by atoms with Crippen molar-refractivity contribution in [3.05, 3.63) is 65.5 Å². The van der Waals surface area contributed by atoms with Crippen LogP contribution in [0.5, 0.6) is 0 Å². The molecule has 0 saturated carbocycles. The van der Waals surface area contributed by atoms with Crippen molar-refractivity contribution in [3.63, 3.8) is 0 Å². The quantitative estimate of drug-likeness (QED) is 0.455. The highest BCUT2D eigenvalue weighted by Gasteiger charge is 2.28. The van der Waals surface area contributed by atoms with Crippen LogP contribution >= 0.6 is 0 Å². The van der Waals surface area contributed by atoms with Crippen LogP contribution in [0, 0.1) is 5.82 Å². The molecule has 0 radical (unpaired) electrons. The van der Waals surface area contributed by atoms with Gasteiger partial charge in [-0.1, -0.05) is 24.3 Å².